The third-order valence-corrected chi connectivity index (χ3v) is 9.66. The molecule has 0 spiro atoms. The predicted octanol–water partition coefficient (Wildman–Crippen LogP) is 6.34. The van der Waals surface area contributed by atoms with E-state index in [2.05, 4.69) is 25.0 Å². The molecule has 2 atom stereocenters. The summed E-state index contributed by atoms with van der Waals surface area (Å²) in [7, 11) is 1.29. The van der Waals surface area contributed by atoms with E-state index in [1.54, 1.807) is 21.9 Å². The van der Waals surface area contributed by atoms with Crippen molar-refractivity contribution in [3.05, 3.63) is 45.6 Å². The lowest BCUT2D eigenvalue weighted by Crippen LogP contribution is -2.42. The Bertz CT molecular complexity index is 1880. The van der Waals surface area contributed by atoms with Crippen molar-refractivity contribution >= 4 is 35.4 Å². The third kappa shape index (κ3) is 11.8. The standard InChI is InChI=1S/C19H26N4O3.C13H22N4O2.C7H10O3/c1-19(2,3)26-18(25)22-9-5-4-6-15(22)14-10-16-20-13(12-7-8-12)11-17(24)23(16)21-14;1-13(2,3)19-12(18)17-7-5-4-6-10(17)9-8-11(14)16-15-9;1-10-7(9)4-6(8)5-2-3-5/h10-12,15,21H,4-9H2,1-3H3;8,10H,4-7H2,1-3H3,(H3,14,15,16);5H,2-4H2,1H3/t15-;10-;/m00./s1. The highest BCUT2D eigenvalue weighted by Gasteiger charge is 2.35. The van der Waals surface area contributed by atoms with Gasteiger partial charge in [-0.25, -0.2) is 19.1 Å². The highest BCUT2D eigenvalue weighted by Crippen LogP contribution is 2.39. The number of aromatic amines is 2. The third-order valence-electron chi connectivity index (χ3n) is 9.66. The van der Waals surface area contributed by atoms with Crippen molar-refractivity contribution in [3.8, 4) is 0 Å². The van der Waals surface area contributed by atoms with Crippen molar-refractivity contribution in [2.45, 2.75) is 141 Å². The van der Waals surface area contributed by atoms with Crippen LogP contribution in [0.25, 0.3) is 5.65 Å². The van der Waals surface area contributed by atoms with E-state index in [1.165, 1.54) is 11.6 Å². The molecular formula is C39H58N8O8. The molecule has 4 N–H and O–H groups in total. The molecule has 0 bridgehead atoms. The number of nitrogens with two attached hydrogens (primary N) is 1. The zero-order chi connectivity index (χ0) is 40.1. The van der Waals surface area contributed by atoms with Gasteiger partial charge in [0.2, 0.25) is 0 Å². The van der Waals surface area contributed by atoms with Gasteiger partial charge in [-0.05, 0) is 106 Å². The van der Waals surface area contributed by atoms with Crippen LogP contribution in [-0.4, -0.2) is 89.9 Å². The molecule has 2 aliphatic carbocycles. The summed E-state index contributed by atoms with van der Waals surface area (Å²) < 4.78 is 16.8. The van der Waals surface area contributed by atoms with Crippen LogP contribution >= 0.6 is 0 Å². The van der Waals surface area contributed by atoms with E-state index in [-0.39, 0.29) is 48.0 Å². The lowest BCUT2D eigenvalue weighted by Gasteiger charge is -2.36. The first kappa shape index (κ1) is 41.3. The number of esters is 1. The molecule has 4 aliphatic rings. The minimum atomic E-state index is -0.531. The Morgan fingerprint density at radius 1 is 0.800 bits per heavy atom. The highest BCUT2D eigenvalue weighted by molar-refractivity contribution is 5.97. The van der Waals surface area contributed by atoms with Gasteiger partial charge in [0.15, 0.2) is 5.65 Å². The SMILES string of the molecule is CC(C)(C)OC(=O)N1CCCC[C@H]1c1cc(N)n[nH]1.CC(C)(C)OC(=O)N1CCCC[C@H]1c1cc2nc(C3CC3)cc(=O)n2[nH]1.COC(=O)CC(=O)C1CC1. The summed E-state index contributed by atoms with van der Waals surface area (Å²) >= 11 is 0. The Balaban J connectivity index is 0.000000175. The number of nitrogen functional groups attached to an aromatic ring is 1. The number of aromatic nitrogens is 5. The molecule has 7 rings (SSSR count). The van der Waals surface area contributed by atoms with Gasteiger partial charge in [0.05, 0.1) is 36.3 Å². The number of H-pyrrole nitrogens is 2. The number of hydrogen-bond donors (Lipinski definition) is 3. The molecule has 16 nitrogen and oxygen atoms in total. The topological polar surface area (TPSA) is 207 Å². The molecule has 2 amide bonds. The van der Waals surface area contributed by atoms with E-state index in [9.17, 15) is 24.0 Å². The smallest absolute Gasteiger partial charge is 0.410 e. The molecular weight excluding hydrogens is 708 g/mol. The lowest BCUT2D eigenvalue weighted by atomic mass is 10.00. The van der Waals surface area contributed by atoms with Crippen LogP contribution in [-0.2, 0) is 23.8 Å². The lowest BCUT2D eigenvalue weighted by molar-refractivity contribution is -0.143. The maximum absolute atomic E-state index is 12.6. The molecule has 0 unspecified atom stereocenters. The Kier molecular flexibility index (Phi) is 13.0. The summed E-state index contributed by atoms with van der Waals surface area (Å²) in [6, 6.07) is 5.17. The number of carbonyl (C=O) groups excluding carboxylic acids is 4. The second-order valence-electron chi connectivity index (χ2n) is 16.8. The molecule has 0 radical (unpaired) electrons. The van der Waals surface area contributed by atoms with Crippen molar-refractivity contribution in [1.82, 2.24) is 34.6 Å². The number of hydrogen-bond acceptors (Lipinski definition) is 11. The van der Waals surface area contributed by atoms with E-state index < -0.39 is 17.2 Å². The monoisotopic (exact) mass is 766 g/mol. The minimum Gasteiger partial charge on any atom is -0.469 e. The maximum Gasteiger partial charge on any atom is 0.410 e. The minimum absolute atomic E-state index is 0.0200. The number of amides is 2. The normalized spacial score (nSPS) is 20.1. The van der Waals surface area contributed by atoms with Gasteiger partial charge in [0.25, 0.3) is 5.56 Å². The fourth-order valence-corrected chi connectivity index (χ4v) is 6.66. The molecule has 5 heterocycles. The Morgan fingerprint density at radius 2 is 1.36 bits per heavy atom. The second-order valence-corrected chi connectivity index (χ2v) is 16.8. The van der Waals surface area contributed by atoms with Crippen molar-refractivity contribution in [1.29, 1.82) is 0 Å². The Labute approximate surface area is 321 Å². The van der Waals surface area contributed by atoms with E-state index >= 15 is 0 Å². The van der Waals surface area contributed by atoms with Crippen LogP contribution in [0.3, 0.4) is 0 Å². The molecule has 3 aromatic rings. The number of rotatable bonds is 6. The number of ether oxygens (including phenoxy) is 3. The highest BCUT2D eigenvalue weighted by atomic mass is 16.6. The Hall–Kier alpha value is -4.89. The van der Waals surface area contributed by atoms with E-state index in [0.29, 0.717) is 30.5 Å². The van der Waals surface area contributed by atoms with Crippen molar-refractivity contribution in [2.24, 2.45) is 5.92 Å². The summed E-state index contributed by atoms with van der Waals surface area (Å²) in [5.74, 6) is 0.659. The number of likely N-dealkylation sites (tertiary alicyclic amines) is 2. The van der Waals surface area contributed by atoms with E-state index in [4.69, 9.17) is 15.2 Å². The summed E-state index contributed by atoms with van der Waals surface area (Å²) in [6.45, 7) is 12.6. The van der Waals surface area contributed by atoms with Crippen LogP contribution < -0.4 is 11.3 Å². The van der Waals surface area contributed by atoms with E-state index in [1.807, 2.05) is 47.6 Å². The molecule has 55 heavy (non-hydrogen) atoms. The molecule has 0 aromatic carbocycles. The number of Topliss-reactive ketones (excluding diaryl/α,β-unsaturated/α-hetero) is 1. The van der Waals surface area contributed by atoms with Gasteiger partial charge in [0, 0.05) is 43.1 Å². The maximum atomic E-state index is 12.6. The van der Waals surface area contributed by atoms with Crippen LogP contribution in [0.4, 0.5) is 15.4 Å². The zero-order valence-corrected chi connectivity index (χ0v) is 33.3. The van der Waals surface area contributed by atoms with Crippen LogP contribution in [0.1, 0.15) is 147 Å². The number of carbonyl (C=O) groups is 4. The Morgan fingerprint density at radius 3 is 1.84 bits per heavy atom. The summed E-state index contributed by atoms with van der Waals surface area (Å²) in [4.78, 5) is 66.9. The number of methoxy groups -OCH3 is 1. The molecule has 302 valence electrons. The van der Waals surface area contributed by atoms with Crippen molar-refractivity contribution in [3.63, 3.8) is 0 Å². The molecule has 2 saturated carbocycles. The number of piperidine rings is 2. The molecule has 2 saturated heterocycles. The van der Waals surface area contributed by atoms with Crippen molar-refractivity contribution in [2.75, 3.05) is 25.9 Å². The summed E-state index contributed by atoms with van der Waals surface area (Å²) in [5.41, 5.74) is 7.76. The van der Waals surface area contributed by atoms with Crippen LogP contribution in [0.5, 0.6) is 0 Å². The number of nitrogens with zero attached hydrogens (tertiary/aromatic N) is 5. The zero-order valence-electron chi connectivity index (χ0n) is 33.3. The largest absolute Gasteiger partial charge is 0.469 e. The number of fused-ring (bicyclic) bond motifs is 1. The van der Waals surface area contributed by atoms with Gasteiger partial charge >= 0.3 is 18.2 Å². The molecule has 16 heteroatoms. The van der Waals surface area contributed by atoms with Crippen molar-refractivity contribution < 1.29 is 33.4 Å². The number of nitrogens with one attached hydrogen (secondary N) is 2. The fourth-order valence-electron chi connectivity index (χ4n) is 6.66. The van der Waals surface area contributed by atoms with Crippen LogP contribution in [0, 0.1) is 5.92 Å². The van der Waals surface area contributed by atoms with Gasteiger partial charge in [0.1, 0.15) is 29.2 Å². The van der Waals surface area contributed by atoms with Gasteiger partial charge in [-0.1, -0.05) is 0 Å². The van der Waals surface area contributed by atoms with Gasteiger partial charge < -0.3 is 19.9 Å². The summed E-state index contributed by atoms with van der Waals surface area (Å²) in [5, 5.41) is 9.99. The first-order valence-corrected chi connectivity index (χ1v) is 19.4. The number of anilines is 1. The van der Waals surface area contributed by atoms with Gasteiger partial charge in [-0.2, -0.15) is 5.10 Å². The average molecular weight is 767 g/mol. The fraction of sp³-hybridized carbons (Fsp3) is 0.667. The second kappa shape index (κ2) is 17.3. The number of ketones is 1. The van der Waals surface area contributed by atoms with Crippen LogP contribution in [0.2, 0.25) is 0 Å². The van der Waals surface area contributed by atoms with Gasteiger partial charge in [-0.3, -0.25) is 34.4 Å². The van der Waals surface area contributed by atoms with Gasteiger partial charge in [-0.15, -0.1) is 0 Å². The molecule has 3 aromatic heterocycles. The molecule has 2 aliphatic heterocycles. The van der Waals surface area contributed by atoms with Crippen LogP contribution in [0.15, 0.2) is 23.0 Å². The quantitative estimate of drug-likeness (QED) is 0.143. The summed E-state index contributed by atoms with van der Waals surface area (Å²) in [6.07, 6.45) is 9.33. The first-order chi connectivity index (χ1) is 25.9. The molecule has 4 fully saturated rings. The first-order valence-electron chi connectivity index (χ1n) is 19.4. The average Bonchev–Trinajstić information content (AvgIpc) is 4.06. The van der Waals surface area contributed by atoms with E-state index in [0.717, 1.165) is 81.3 Å². The predicted molar refractivity (Wildman–Crippen MR) is 204 cm³/mol.